The SMILES string of the molecule is COc1ccc(C2CCc3cc(O)ccc3C2)c(NC(C)Cc2ccc(OCCN3CCCCCC3)cc2)c1. The molecule has 0 amide bonds. The summed E-state index contributed by atoms with van der Waals surface area (Å²) in [5, 5.41) is 13.7. The van der Waals surface area contributed by atoms with Gasteiger partial charge in [-0.25, -0.2) is 0 Å². The molecule has 5 nitrogen and oxygen atoms in total. The number of phenols is 1. The molecule has 0 bridgehead atoms. The first kappa shape index (κ1) is 27.4. The lowest BCUT2D eigenvalue weighted by Crippen LogP contribution is -2.29. The van der Waals surface area contributed by atoms with Crippen molar-refractivity contribution in [3.8, 4) is 17.2 Å². The Bertz CT molecular complexity index is 1200. The van der Waals surface area contributed by atoms with Crippen LogP contribution in [0.25, 0.3) is 0 Å². The van der Waals surface area contributed by atoms with Crippen LogP contribution in [0.4, 0.5) is 5.69 Å². The van der Waals surface area contributed by atoms with Crippen LogP contribution >= 0.6 is 0 Å². The van der Waals surface area contributed by atoms with E-state index in [0.717, 1.165) is 56.0 Å². The van der Waals surface area contributed by atoms with Crippen molar-refractivity contribution in [3.63, 3.8) is 0 Å². The third-order valence-corrected chi connectivity index (χ3v) is 8.36. The van der Waals surface area contributed by atoms with Gasteiger partial charge in [-0.15, -0.1) is 0 Å². The molecule has 2 aliphatic rings. The van der Waals surface area contributed by atoms with Crippen molar-refractivity contribution >= 4 is 5.69 Å². The van der Waals surface area contributed by atoms with E-state index in [1.807, 2.05) is 12.1 Å². The number of anilines is 1. The molecule has 1 fully saturated rings. The number of benzene rings is 3. The topological polar surface area (TPSA) is 54.0 Å². The fourth-order valence-corrected chi connectivity index (χ4v) is 6.19. The zero-order chi connectivity index (χ0) is 27.0. The number of likely N-dealkylation sites (tertiary alicyclic amines) is 1. The number of aromatic hydroxyl groups is 1. The molecule has 1 aliphatic heterocycles. The Morgan fingerprint density at radius 1 is 0.923 bits per heavy atom. The van der Waals surface area contributed by atoms with Crippen molar-refractivity contribution in [1.82, 2.24) is 4.90 Å². The predicted octanol–water partition coefficient (Wildman–Crippen LogP) is 6.97. The minimum absolute atomic E-state index is 0.262. The second-order valence-corrected chi connectivity index (χ2v) is 11.3. The highest BCUT2D eigenvalue weighted by Crippen LogP contribution is 2.38. The molecule has 208 valence electrons. The Hall–Kier alpha value is -3.18. The highest BCUT2D eigenvalue weighted by molar-refractivity contribution is 5.58. The summed E-state index contributed by atoms with van der Waals surface area (Å²) in [4.78, 5) is 2.54. The van der Waals surface area contributed by atoms with Crippen molar-refractivity contribution in [2.45, 2.75) is 70.3 Å². The van der Waals surface area contributed by atoms with Gasteiger partial charge < -0.3 is 19.9 Å². The van der Waals surface area contributed by atoms with E-state index < -0.39 is 0 Å². The molecule has 0 aromatic heterocycles. The van der Waals surface area contributed by atoms with Crippen LogP contribution in [0.3, 0.4) is 0 Å². The van der Waals surface area contributed by atoms with E-state index in [1.165, 1.54) is 61.0 Å². The van der Waals surface area contributed by atoms with Gasteiger partial charge in [-0.2, -0.15) is 0 Å². The van der Waals surface area contributed by atoms with Crippen molar-refractivity contribution < 1.29 is 14.6 Å². The number of methoxy groups -OCH3 is 1. The Labute approximate surface area is 234 Å². The van der Waals surface area contributed by atoms with Gasteiger partial charge in [-0.05, 0) is 117 Å². The van der Waals surface area contributed by atoms with Crippen LogP contribution in [-0.4, -0.2) is 49.4 Å². The quantitative estimate of drug-likeness (QED) is 0.298. The second kappa shape index (κ2) is 13.3. The molecule has 0 spiro atoms. The van der Waals surface area contributed by atoms with Crippen LogP contribution in [0.1, 0.15) is 67.2 Å². The van der Waals surface area contributed by atoms with Crippen molar-refractivity contribution in [2.24, 2.45) is 0 Å². The molecule has 0 saturated carbocycles. The average molecular weight is 529 g/mol. The highest BCUT2D eigenvalue weighted by atomic mass is 16.5. The molecule has 0 radical (unpaired) electrons. The molecule has 2 unspecified atom stereocenters. The lowest BCUT2D eigenvalue weighted by atomic mass is 9.79. The van der Waals surface area contributed by atoms with Gasteiger partial charge in [0.05, 0.1) is 7.11 Å². The molecule has 2 N–H and O–H groups in total. The van der Waals surface area contributed by atoms with E-state index in [4.69, 9.17) is 9.47 Å². The van der Waals surface area contributed by atoms with Gasteiger partial charge >= 0.3 is 0 Å². The number of rotatable bonds is 10. The van der Waals surface area contributed by atoms with Crippen LogP contribution in [0, 0.1) is 0 Å². The second-order valence-electron chi connectivity index (χ2n) is 11.3. The van der Waals surface area contributed by atoms with Crippen LogP contribution in [-0.2, 0) is 19.3 Å². The number of fused-ring (bicyclic) bond motifs is 1. The Morgan fingerprint density at radius 2 is 1.69 bits per heavy atom. The van der Waals surface area contributed by atoms with Crippen LogP contribution in [0.2, 0.25) is 0 Å². The number of hydrogen-bond acceptors (Lipinski definition) is 5. The van der Waals surface area contributed by atoms with Crippen molar-refractivity contribution in [2.75, 3.05) is 38.7 Å². The molecule has 1 saturated heterocycles. The fourth-order valence-electron chi connectivity index (χ4n) is 6.19. The predicted molar refractivity (Wildman–Crippen MR) is 160 cm³/mol. The first-order valence-electron chi connectivity index (χ1n) is 14.8. The van der Waals surface area contributed by atoms with Crippen LogP contribution in [0.5, 0.6) is 17.2 Å². The van der Waals surface area contributed by atoms with Crippen LogP contribution < -0.4 is 14.8 Å². The van der Waals surface area contributed by atoms with Crippen LogP contribution in [0.15, 0.2) is 60.7 Å². The van der Waals surface area contributed by atoms with Crippen molar-refractivity contribution in [1.29, 1.82) is 0 Å². The number of hydrogen-bond donors (Lipinski definition) is 2. The molecular formula is C34H44N2O3. The maximum Gasteiger partial charge on any atom is 0.120 e. The van der Waals surface area contributed by atoms with Gasteiger partial charge in [0.15, 0.2) is 0 Å². The van der Waals surface area contributed by atoms with Gasteiger partial charge in [0.25, 0.3) is 0 Å². The zero-order valence-corrected chi connectivity index (χ0v) is 23.6. The Morgan fingerprint density at radius 3 is 2.46 bits per heavy atom. The number of phenolic OH excluding ortho intramolecular Hbond substituents is 1. The molecular weight excluding hydrogens is 484 g/mol. The Kier molecular flexibility index (Phi) is 9.31. The van der Waals surface area contributed by atoms with E-state index >= 15 is 0 Å². The summed E-state index contributed by atoms with van der Waals surface area (Å²) in [6.45, 7) is 6.43. The van der Waals surface area contributed by atoms with Crippen molar-refractivity contribution in [3.05, 3.63) is 82.9 Å². The van der Waals surface area contributed by atoms with Gasteiger partial charge in [0.2, 0.25) is 0 Å². The third-order valence-electron chi connectivity index (χ3n) is 8.36. The maximum atomic E-state index is 9.87. The van der Waals surface area contributed by atoms with E-state index in [-0.39, 0.29) is 6.04 Å². The molecule has 39 heavy (non-hydrogen) atoms. The average Bonchev–Trinajstić information content (AvgIpc) is 3.22. The van der Waals surface area contributed by atoms with E-state index in [1.54, 1.807) is 7.11 Å². The lowest BCUT2D eigenvalue weighted by molar-refractivity contribution is 0.214. The number of ether oxygens (including phenoxy) is 2. The molecule has 2 atom stereocenters. The summed E-state index contributed by atoms with van der Waals surface area (Å²) in [5.74, 6) is 2.63. The minimum Gasteiger partial charge on any atom is -0.508 e. The molecule has 5 rings (SSSR count). The molecule has 5 heteroatoms. The summed E-state index contributed by atoms with van der Waals surface area (Å²) in [6.07, 6.45) is 9.35. The first-order valence-corrected chi connectivity index (χ1v) is 14.8. The van der Waals surface area contributed by atoms with Gasteiger partial charge in [0.1, 0.15) is 23.9 Å². The lowest BCUT2D eigenvalue weighted by Gasteiger charge is -2.28. The molecule has 3 aromatic carbocycles. The smallest absolute Gasteiger partial charge is 0.120 e. The van der Waals surface area contributed by atoms with Gasteiger partial charge in [-0.1, -0.05) is 37.1 Å². The van der Waals surface area contributed by atoms with E-state index in [0.29, 0.717) is 11.7 Å². The number of nitrogens with zero attached hydrogens (tertiary/aromatic N) is 1. The summed E-state index contributed by atoms with van der Waals surface area (Å²) in [6, 6.07) is 21.1. The Balaban J connectivity index is 1.18. The normalized spacial score (nSPS) is 18.6. The zero-order valence-electron chi connectivity index (χ0n) is 23.6. The standard InChI is InChI=1S/C34H44N2O3/c1-25(21-26-7-13-31(14-8-26)39-20-19-36-17-5-3-4-6-18-36)35-34-24-32(38-2)15-16-33(34)29-10-9-28-23-30(37)12-11-27(28)22-29/h7-8,11-16,23-25,29,35,37H,3-6,9-10,17-22H2,1-2H3. The van der Waals surface area contributed by atoms with E-state index in [2.05, 4.69) is 65.7 Å². The maximum absolute atomic E-state index is 9.87. The summed E-state index contributed by atoms with van der Waals surface area (Å²) >= 11 is 0. The highest BCUT2D eigenvalue weighted by Gasteiger charge is 2.23. The van der Waals surface area contributed by atoms with E-state index in [9.17, 15) is 5.11 Å². The first-order chi connectivity index (χ1) is 19.1. The largest absolute Gasteiger partial charge is 0.508 e. The van der Waals surface area contributed by atoms with Gasteiger partial charge in [0, 0.05) is 24.3 Å². The molecule has 3 aromatic rings. The summed E-state index contributed by atoms with van der Waals surface area (Å²) in [5.41, 5.74) is 6.41. The summed E-state index contributed by atoms with van der Waals surface area (Å²) in [7, 11) is 1.73. The number of nitrogens with one attached hydrogen (secondary N) is 1. The third kappa shape index (κ3) is 7.48. The monoisotopic (exact) mass is 528 g/mol. The fraction of sp³-hybridized carbons (Fsp3) is 0.471. The number of aryl methyl sites for hydroxylation is 1. The van der Waals surface area contributed by atoms with Gasteiger partial charge in [-0.3, -0.25) is 4.90 Å². The summed E-state index contributed by atoms with van der Waals surface area (Å²) < 4.78 is 11.6. The minimum atomic E-state index is 0.262. The molecule has 1 heterocycles. The molecule has 1 aliphatic carbocycles.